The Hall–Kier alpha value is -3.68. The zero-order chi connectivity index (χ0) is 20.8. The molecule has 3 rings (SSSR count). The number of hydrogen-bond acceptors (Lipinski definition) is 4. The third kappa shape index (κ3) is 5.41. The maximum absolute atomic E-state index is 12.9. The highest BCUT2D eigenvalue weighted by atomic mass is 19.1. The molecular formula is C21H20FN3O4. The number of hydrogen-bond donors (Lipinski definition) is 3. The molecule has 0 bridgehead atoms. The Morgan fingerprint density at radius 2 is 1.83 bits per heavy atom. The molecule has 150 valence electrons. The number of benzene rings is 2. The summed E-state index contributed by atoms with van der Waals surface area (Å²) >= 11 is 0. The smallest absolute Gasteiger partial charge is 0.329 e. The predicted octanol–water partition coefficient (Wildman–Crippen LogP) is 2.54. The summed E-state index contributed by atoms with van der Waals surface area (Å²) in [6.45, 7) is 0.775. The van der Waals surface area contributed by atoms with Crippen LogP contribution in [0.2, 0.25) is 0 Å². The molecule has 1 atom stereocenters. The van der Waals surface area contributed by atoms with Crippen molar-refractivity contribution in [3.63, 3.8) is 0 Å². The molecule has 0 fully saturated rings. The second-order valence-electron chi connectivity index (χ2n) is 6.48. The number of amides is 2. The molecule has 0 saturated heterocycles. The number of rotatable bonds is 7. The summed E-state index contributed by atoms with van der Waals surface area (Å²) in [5.74, 6) is -2.11. The SMILES string of the molecule is CC(=O)N[C@@H](Cc1c[nH]c2ccccc12)C(=O)OCC(=O)Nc1ccc(F)cc1. The molecule has 0 spiro atoms. The van der Waals surface area contributed by atoms with Crippen molar-refractivity contribution in [1.29, 1.82) is 0 Å². The minimum absolute atomic E-state index is 0.210. The van der Waals surface area contributed by atoms with E-state index >= 15 is 0 Å². The number of H-pyrrole nitrogens is 1. The molecule has 0 aliphatic rings. The quantitative estimate of drug-likeness (QED) is 0.534. The summed E-state index contributed by atoms with van der Waals surface area (Å²) in [6, 6.07) is 11.8. The first-order chi connectivity index (χ1) is 13.9. The van der Waals surface area contributed by atoms with Crippen molar-refractivity contribution < 1.29 is 23.5 Å². The van der Waals surface area contributed by atoms with Crippen LogP contribution in [0.15, 0.2) is 54.7 Å². The van der Waals surface area contributed by atoms with E-state index in [-0.39, 0.29) is 12.3 Å². The van der Waals surface area contributed by atoms with Gasteiger partial charge in [0.05, 0.1) is 0 Å². The van der Waals surface area contributed by atoms with E-state index < -0.39 is 30.3 Å². The topological polar surface area (TPSA) is 100 Å². The number of nitrogens with one attached hydrogen (secondary N) is 3. The molecule has 2 amide bonds. The van der Waals surface area contributed by atoms with Gasteiger partial charge in [0.25, 0.3) is 5.91 Å². The highest BCUT2D eigenvalue weighted by Crippen LogP contribution is 2.19. The van der Waals surface area contributed by atoms with Crippen molar-refractivity contribution >= 4 is 34.4 Å². The van der Waals surface area contributed by atoms with Crippen LogP contribution in [0.4, 0.5) is 10.1 Å². The molecule has 0 aliphatic carbocycles. The molecule has 29 heavy (non-hydrogen) atoms. The van der Waals surface area contributed by atoms with Gasteiger partial charge in [-0.3, -0.25) is 9.59 Å². The normalized spacial score (nSPS) is 11.7. The van der Waals surface area contributed by atoms with Crippen molar-refractivity contribution in [2.24, 2.45) is 0 Å². The average molecular weight is 397 g/mol. The molecule has 8 heteroatoms. The maximum Gasteiger partial charge on any atom is 0.329 e. The Bertz CT molecular complexity index is 1030. The summed E-state index contributed by atoms with van der Waals surface area (Å²) in [5.41, 5.74) is 2.13. The number of carbonyl (C=O) groups excluding carboxylic acids is 3. The maximum atomic E-state index is 12.9. The molecule has 1 aromatic heterocycles. The van der Waals surface area contributed by atoms with Crippen LogP contribution in [0.3, 0.4) is 0 Å². The van der Waals surface area contributed by atoms with Crippen molar-refractivity contribution in [3.8, 4) is 0 Å². The van der Waals surface area contributed by atoms with E-state index in [1.165, 1.54) is 31.2 Å². The third-order valence-electron chi connectivity index (χ3n) is 4.23. The van der Waals surface area contributed by atoms with Crippen LogP contribution in [0, 0.1) is 5.82 Å². The zero-order valence-electron chi connectivity index (χ0n) is 15.7. The molecule has 0 unspecified atom stereocenters. The fraction of sp³-hybridized carbons (Fsp3) is 0.190. The molecule has 3 aromatic rings. The van der Waals surface area contributed by atoms with Crippen molar-refractivity contribution in [3.05, 3.63) is 66.1 Å². The molecule has 0 aliphatic heterocycles. The molecule has 7 nitrogen and oxygen atoms in total. The van der Waals surface area contributed by atoms with Gasteiger partial charge in [-0.15, -0.1) is 0 Å². The highest BCUT2D eigenvalue weighted by Gasteiger charge is 2.23. The van der Waals surface area contributed by atoms with Gasteiger partial charge < -0.3 is 20.4 Å². The Balaban J connectivity index is 1.62. The lowest BCUT2D eigenvalue weighted by atomic mass is 10.0. The number of aromatic nitrogens is 1. The Morgan fingerprint density at radius 1 is 1.10 bits per heavy atom. The Labute approximate surface area is 166 Å². The number of esters is 1. The summed E-state index contributed by atoms with van der Waals surface area (Å²) < 4.78 is 18.0. The van der Waals surface area contributed by atoms with Gasteiger partial charge in [0.2, 0.25) is 5.91 Å². The highest BCUT2D eigenvalue weighted by molar-refractivity contribution is 5.93. The number of fused-ring (bicyclic) bond motifs is 1. The van der Waals surface area contributed by atoms with Crippen LogP contribution in [-0.4, -0.2) is 35.4 Å². The Kier molecular flexibility index (Phi) is 6.23. The van der Waals surface area contributed by atoms with E-state index in [2.05, 4.69) is 15.6 Å². The van der Waals surface area contributed by atoms with E-state index in [1.807, 2.05) is 24.3 Å². The molecule has 0 radical (unpaired) electrons. The van der Waals surface area contributed by atoms with Crippen molar-refractivity contribution in [1.82, 2.24) is 10.3 Å². The Morgan fingerprint density at radius 3 is 2.55 bits per heavy atom. The number of aromatic amines is 1. The standard InChI is InChI=1S/C21H20FN3O4/c1-13(26)24-19(10-14-11-23-18-5-3-2-4-17(14)18)21(28)29-12-20(27)25-16-8-6-15(22)7-9-16/h2-9,11,19,23H,10,12H2,1H3,(H,24,26)(H,25,27)/t19-/m0/s1. The number of para-hydroxylation sites is 1. The second kappa shape index (κ2) is 9.01. The lowest BCUT2D eigenvalue weighted by Crippen LogP contribution is -2.43. The fourth-order valence-electron chi connectivity index (χ4n) is 2.93. The largest absolute Gasteiger partial charge is 0.454 e. The summed E-state index contributed by atoms with van der Waals surface area (Å²) in [7, 11) is 0. The lowest BCUT2D eigenvalue weighted by Gasteiger charge is -2.16. The average Bonchev–Trinajstić information content (AvgIpc) is 3.10. The minimum atomic E-state index is -0.940. The first-order valence-corrected chi connectivity index (χ1v) is 8.96. The number of halogens is 1. The first-order valence-electron chi connectivity index (χ1n) is 8.96. The van der Waals surface area contributed by atoms with Crippen molar-refractivity contribution in [2.75, 3.05) is 11.9 Å². The van der Waals surface area contributed by atoms with E-state index in [4.69, 9.17) is 4.74 Å². The molecule has 0 saturated carbocycles. The van der Waals surface area contributed by atoms with E-state index in [0.717, 1.165) is 16.5 Å². The number of anilines is 1. The summed E-state index contributed by atoms with van der Waals surface area (Å²) in [4.78, 5) is 39.1. The van der Waals surface area contributed by atoms with E-state index in [0.29, 0.717) is 5.69 Å². The summed E-state index contributed by atoms with van der Waals surface area (Å²) in [5, 5.41) is 6.00. The van der Waals surface area contributed by atoms with Crippen LogP contribution in [0.25, 0.3) is 10.9 Å². The van der Waals surface area contributed by atoms with Crippen LogP contribution >= 0.6 is 0 Å². The van der Waals surface area contributed by atoms with E-state index in [9.17, 15) is 18.8 Å². The first kappa shape index (κ1) is 20.1. The predicted molar refractivity (Wildman–Crippen MR) is 106 cm³/mol. The molecular weight excluding hydrogens is 377 g/mol. The molecule has 1 heterocycles. The van der Waals surface area contributed by atoms with Gasteiger partial charge in [-0.2, -0.15) is 0 Å². The molecule has 3 N–H and O–H groups in total. The third-order valence-corrected chi connectivity index (χ3v) is 4.23. The van der Waals surface area contributed by atoms with Gasteiger partial charge >= 0.3 is 5.97 Å². The van der Waals surface area contributed by atoms with Gasteiger partial charge in [-0.05, 0) is 35.9 Å². The van der Waals surface area contributed by atoms with E-state index in [1.54, 1.807) is 6.20 Å². The fourth-order valence-corrected chi connectivity index (χ4v) is 2.93. The monoisotopic (exact) mass is 397 g/mol. The minimum Gasteiger partial charge on any atom is -0.454 e. The van der Waals surface area contributed by atoms with Gasteiger partial charge in [-0.25, -0.2) is 9.18 Å². The number of carbonyl (C=O) groups is 3. The van der Waals surface area contributed by atoms with Crippen LogP contribution < -0.4 is 10.6 Å². The lowest BCUT2D eigenvalue weighted by molar-refractivity contribution is -0.150. The zero-order valence-corrected chi connectivity index (χ0v) is 15.7. The summed E-state index contributed by atoms with van der Waals surface area (Å²) in [6.07, 6.45) is 1.98. The number of ether oxygens (including phenoxy) is 1. The molecule has 2 aromatic carbocycles. The van der Waals surface area contributed by atoms with Crippen LogP contribution in [-0.2, 0) is 25.5 Å². The second-order valence-corrected chi connectivity index (χ2v) is 6.48. The van der Waals surface area contributed by atoms with Crippen LogP contribution in [0.1, 0.15) is 12.5 Å². The van der Waals surface area contributed by atoms with Crippen LogP contribution in [0.5, 0.6) is 0 Å². The van der Waals surface area contributed by atoms with Gasteiger partial charge in [0, 0.05) is 36.1 Å². The van der Waals surface area contributed by atoms with Gasteiger partial charge in [0.1, 0.15) is 11.9 Å². The van der Waals surface area contributed by atoms with Gasteiger partial charge in [-0.1, -0.05) is 18.2 Å². The van der Waals surface area contributed by atoms with Crippen molar-refractivity contribution in [2.45, 2.75) is 19.4 Å². The van der Waals surface area contributed by atoms with Gasteiger partial charge in [0.15, 0.2) is 6.61 Å².